The minimum absolute atomic E-state index is 0.0397. The van der Waals surface area contributed by atoms with E-state index in [1.54, 1.807) is 14.2 Å². The lowest BCUT2D eigenvalue weighted by Gasteiger charge is -2.21. The Bertz CT molecular complexity index is 1020. The van der Waals surface area contributed by atoms with Gasteiger partial charge in [0.25, 0.3) is 0 Å². The maximum absolute atomic E-state index is 12.9. The molecule has 1 aliphatic carbocycles. The van der Waals surface area contributed by atoms with Crippen molar-refractivity contribution in [1.29, 1.82) is 0 Å². The van der Waals surface area contributed by atoms with Crippen molar-refractivity contribution in [2.75, 3.05) is 19.5 Å². The average Bonchev–Trinajstić information content (AvgIpc) is 3.62. The van der Waals surface area contributed by atoms with Gasteiger partial charge in [-0.05, 0) is 54.8 Å². The largest absolute Gasteiger partial charge is 0.497 e. The molecule has 6 heteroatoms. The van der Waals surface area contributed by atoms with E-state index < -0.39 is 6.04 Å². The summed E-state index contributed by atoms with van der Waals surface area (Å²) in [5.41, 5.74) is 1.65. The number of rotatable bonds is 9. The van der Waals surface area contributed by atoms with E-state index >= 15 is 0 Å². The van der Waals surface area contributed by atoms with E-state index in [1.807, 2.05) is 72.8 Å². The predicted octanol–water partition coefficient (Wildman–Crippen LogP) is 4.93. The van der Waals surface area contributed by atoms with Crippen LogP contribution in [0.3, 0.4) is 0 Å². The highest BCUT2D eigenvalue weighted by molar-refractivity contribution is 5.86. The Balaban J connectivity index is 1.58. The second kappa shape index (κ2) is 9.43. The zero-order valence-electron chi connectivity index (χ0n) is 17.6. The normalized spacial score (nSPS) is 13.7. The summed E-state index contributed by atoms with van der Waals surface area (Å²) in [5, 5.41) is 6.45. The van der Waals surface area contributed by atoms with Crippen LogP contribution in [0.5, 0.6) is 23.0 Å². The fourth-order valence-electron chi connectivity index (χ4n) is 3.24. The average molecular weight is 418 g/mol. The number of methoxy groups -OCH3 is 2. The van der Waals surface area contributed by atoms with Crippen molar-refractivity contribution < 1.29 is 19.0 Å². The molecule has 1 amide bonds. The molecule has 0 bridgehead atoms. The van der Waals surface area contributed by atoms with Crippen LogP contribution in [-0.4, -0.2) is 26.2 Å². The summed E-state index contributed by atoms with van der Waals surface area (Å²) >= 11 is 0. The number of hydrogen-bond acceptors (Lipinski definition) is 5. The summed E-state index contributed by atoms with van der Waals surface area (Å²) < 4.78 is 16.7. The Labute approximate surface area is 182 Å². The molecular weight excluding hydrogens is 392 g/mol. The number of hydrogen-bond donors (Lipinski definition) is 2. The molecule has 1 atom stereocenters. The van der Waals surface area contributed by atoms with E-state index in [0.717, 1.165) is 29.8 Å². The maximum Gasteiger partial charge on any atom is 0.247 e. The topological polar surface area (TPSA) is 68.8 Å². The molecule has 4 rings (SSSR count). The molecule has 0 aliphatic heterocycles. The quantitative estimate of drug-likeness (QED) is 0.516. The molecule has 160 valence electrons. The summed E-state index contributed by atoms with van der Waals surface area (Å²) in [4.78, 5) is 12.9. The minimum Gasteiger partial charge on any atom is -0.497 e. The van der Waals surface area contributed by atoms with Crippen LogP contribution in [0.4, 0.5) is 5.69 Å². The SMILES string of the molecule is COc1ccc(Oc2cc(N[C@@H](C(=O)NC3CC3)c3ccccc3)ccc2OC)cc1. The summed E-state index contributed by atoms with van der Waals surface area (Å²) in [6.07, 6.45) is 2.07. The van der Waals surface area contributed by atoms with Crippen LogP contribution >= 0.6 is 0 Å². The third-order valence-corrected chi connectivity index (χ3v) is 5.08. The molecule has 2 N–H and O–H groups in total. The van der Waals surface area contributed by atoms with Crippen molar-refractivity contribution in [2.24, 2.45) is 0 Å². The zero-order chi connectivity index (χ0) is 21.6. The second-order valence-corrected chi connectivity index (χ2v) is 7.41. The van der Waals surface area contributed by atoms with E-state index in [9.17, 15) is 4.79 Å². The van der Waals surface area contributed by atoms with Gasteiger partial charge in [0.05, 0.1) is 14.2 Å². The smallest absolute Gasteiger partial charge is 0.247 e. The van der Waals surface area contributed by atoms with Crippen LogP contribution in [-0.2, 0) is 4.79 Å². The molecule has 0 unspecified atom stereocenters. The highest BCUT2D eigenvalue weighted by Crippen LogP contribution is 2.35. The lowest BCUT2D eigenvalue weighted by Crippen LogP contribution is -2.34. The predicted molar refractivity (Wildman–Crippen MR) is 120 cm³/mol. The summed E-state index contributed by atoms with van der Waals surface area (Å²) in [6.45, 7) is 0. The van der Waals surface area contributed by atoms with Crippen LogP contribution in [0.1, 0.15) is 24.4 Å². The highest BCUT2D eigenvalue weighted by atomic mass is 16.5. The maximum atomic E-state index is 12.9. The Morgan fingerprint density at radius 1 is 0.871 bits per heavy atom. The van der Waals surface area contributed by atoms with Gasteiger partial charge in [-0.1, -0.05) is 30.3 Å². The van der Waals surface area contributed by atoms with Crippen molar-refractivity contribution >= 4 is 11.6 Å². The Morgan fingerprint density at radius 3 is 2.23 bits per heavy atom. The van der Waals surface area contributed by atoms with Crippen molar-refractivity contribution in [3.8, 4) is 23.0 Å². The zero-order valence-corrected chi connectivity index (χ0v) is 17.6. The fraction of sp³-hybridized carbons (Fsp3) is 0.240. The first kappa shape index (κ1) is 20.6. The number of amides is 1. The molecule has 3 aromatic carbocycles. The standard InChI is InChI=1S/C25H26N2O4/c1-29-20-11-13-21(14-12-20)31-23-16-19(10-15-22(23)30-2)26-24(17-6-4-3-5-7-17)25(28)27-18-8-9-18/h3-7,10-16,18,24,26H,8-9H2,1-2H3,(H,27,28)/t24-/m1/s1. The minimum atomic E-state index is -0.510. The number of carbonyl (C=O) groups is 1. The summed E-state index contributed by atoms with van der Waals surface area (Å²) in [6, 6.07) is 22.3. The lowest BCUT2D eigenvalue weighted by atomic mass is 10.1. The molecular formula is C25H26N2O4. The van der Waals surface area contributed by atoms with Crippen molar-refractivity contribution in [3.05, 3.63) is 78.4 Å². The first-order valence-corrected chi connectivity index (χ1v) is 10.3. The van der Waals surface area contributed by atoms with Gasteiger partial charge in [0.2, 0.25) is 5.91 Å². The van der Waals surface area contributed by atoms with Gasteiger partial charge >= 0.3 is 0 Å². The van der Waals surface area contributed by atoms with Gasteiger partial charge in [-0.3, -0.25) is 4.79 Å². The summed E-state index contributed by atoms with van der Waals surface area (Å²) in [7, 11) is 3.22. The molecule has 6 nitrogen and oxygen atoms in total. The molecule has 3 aromatic rings. The molecule has 31 heavy (non-hydrogen) atoms. The van der Waals surface area contributed by atoms with Crippen LogP contribution in [0.2, 0.25) is 0 Å². The van der Waals surface area contributed by atoms with Crippen molar-refractivity contribution in [3.63, 3.8) is 0 Å². The van der Waals surface area contributed by atoms with E-state index in [1.165, 1.54) is 0 Å². The third kappa shape index (κ3) is 5.28. The van der Waals surface area contributed by atoms with Crippen LogP contribution in [0, 0.1) is 0 Å². The Kier molecular flexibility index (Phi) is 6.26. The molecule has 0 aromatic heterocycles. The number of nitrogens with one attached hydrogen (secondary N) is 2. The molecule has 1 fully saturated rings. The monoisotopic (exact) mass is 418 g/mol. The Morgan fingerprint density at radius 2 is 1.58 bits per heavy atom. The van der Waals surface area contributed by atoms with Crippen molar-refractivity contribution in [2.45, 2.75) is 24.9 Å². The molecule has 0 saturated heterocycles. The Hall–Kier alpha value is -3.67. The van der Waals surface area contributed by atoms with Gasteiger partial charge in [-0.25, -0.2) is 0 Å². The number of carbonyl (C=O) groups excluding carboxylic acids is 1. The summed E-state index contributed by atoms with van der Waals surface area (Å²) in [5.74, 6) is 2.51. The number of anilines is 1. The first-order valence-electron chi connectivity index (χ1n) is 10.3. The number of benzene rings is 3. The van der Waals surface area contributed by atoms with Crippen LogP contribution in [0.15, 0.2) is 72.8 Å². The highest BCUT2D eigenvalue weighted by Gasteiger charge is 2.28. The van der Waals surface area contributed by atoms with E-state index in [0.29, 0.717) is 17.2 Å². The van der Waals surface area contributed by atoms with Crippen LogP contribution < -0.4 is 24.8 Å². The molecule has 0 heterocycles. The van der Waals surface area contributed by atoms with E-state index in [-0.39, 0.29) is 11.9 Å². The lowest BCUT2D eigenvalue weighted by molar-refractivity contribution is -0.122. The second-order valence-electron chi connectivity index (χ2n) is 7.41. The molecule has 1 aliphatic rings. The number of ether oxygens (including phenoxy) is 3. The molecule has 0 spiro atoms. The van der Waals surface area contributed by atoms with E-state index in [2.05, 4.69) is 10.6 Å². The van der Waals surface area contributed by atoms with Gasteiger partial charge in [0.15, 0.2) is 11.5 Å². The van der Waals surface area contributed by atoms with Crippen molar-refractivity contribution in [1.82, 2.24) is 5.32 Å². The van der Waals surface area contributed by atoms with Gasteiger partial charge in [0.1, 0.15) is 17.5 Å². The van der Waals surface area contributed by atoms with Gasteiger partial charge < -0.3 is 24.8 Å². The van der Waals surface area contributed by atoms with Gasteiger partial charge in [-0.2, -0.15) is 0 Å². The molecule has 0 radical (unpaired) electrons. The van der Waals surface area contributed by atoms with Crippen LogP contribution in [0.25, 0.3) is 0 Å². The molecule has 1 saturated carbocycles. The van der Waals surface area contributed by atoms with Gasteiger partial charge in [-0.15, -0.1) is 0 Å². The van der Waals surface area contributed by atoms with Gasteiger partial charge in [0, 0.05) is 17.8 Å². The fourth-order valence-corrected chi connectivity index (χ4v) is 3.24. The first-order chi connectivity index (χ1) is 15.2. The van der Waals surface area contributed by atoms with E-state index in [4.69, 9.17) is 14.2 Å². The third-order valence-electron chi connectivity index (χ3n) is 5.08.